The lowest BCUT2D eigenvalue weighted by molar-refractivity contribution is 0.0689. The fourth-order valence-corrected chi connectivity index (χ4v) is 4.76. The molecule has 2 N–H and O–H groups in total. The number of carboxylic acids is 1. The van der Waals surface area contributed by atoms with E-state index < -0.39 is 12.0 Å². The molecule has 32 heavy (non-hydrogen) atoms. The van der Waals surface area contributed by atoms with Crippen LogP contribution in [0.1, 0.15) is 53.2 Å². The van der Waals surface area contributed by atoms with E-state index in [-0.39, 0.29) is 11.7 Å². The molecule has 166 valence electrons. The number of benzene rings is 2. The molecule has 0 bridgehead atoms. The molecule has 8 nitrogen and oxygen atoms in total. The number of aromatic nitrogens is 5. The Hall–Kier alpha value is -2.91. The lowest BCUT2D eigenvalue weighted by Gasteiger charge is -2.25. The maximum absolute atomic E-state index is 12.1. The molecule has 10 heteroatoms. The van der Waals surface area contributed by atoms with Gasteiger partial charge in [0.25, 0.3) is 0 Å². The number of aryl methyl sites for hydroxylation is 2. The number of carboxylic acid groups (broad SMARTS) is 1. The zero-order chi connectivity index (χ0) is 23.2. The normalized spacial score (nSPS) is 12.5. The van der Waals surface area contributed by atoms with Crippen LogP contribution in [0.5, 0.6) is 0 Å². The van der Waals surface area contributed by atoms with Crippen molar-refractivity contribution in [3.8, 4) is 0 Å². The van der Waals surface area contributed by atoms with E-state index in [2.05, 4.69) is 36.5 Å². The molecule has 4 rings (SSSR count). The first-order valence-electron chi connectivity index (χ1n) is 10.00. The average molecular weight is 518 g/mol. The number of hydrogen-bond donors (Lipinski definition) is 2. The molecule has 2 heterocycles. The lowest BCUT2D eigenvalue weighted by atomic mass is 10.0. The topological polar surface area (TPSA) is 97.9 Å². The first kappa shape index (κ1) is 22.3. The fraction of sp³-hybridized carbons (Fsp3) is 0.273. The van der Waals surface area contributed by atoms with Crippen molar-refractivity contribution < 1.29 is 9.90 Å². The van der Waals surface area contributed by atoms with Gasteiger partial charge in [0.2, 0.25) is 0 Å². The number of halogens is 2. The summed E-state index contributed by atoms with van der Waals surface area (Å²) in [5.41, 5.74) is 4.85. The Morgan fingerprint density at radius 2 is 1.91 bits per heavy atom. The highest BCUT2D eigenvalue weighted by Crippen LogP contribution is 2.35. The zero-order valence-electron chi connectivity index (χ0n) is 18.0. The fourth-order valence-electron chi connectivity index (χ4n) is 3.85. The van der Waals surface area contributed by atoms with Gasteiger partial charge in [-0.15, -0.1) is 5.10 Å². The number of aromatic carboxylic acids is 1. The van der Waals surface area contributed by atoms with E-state index in [1.54, 1.807) is 16.8 Å². The maximum Gasteiger partial charge on any atom is 0.356 e. The van der Waals surface area contributed by atoms with Crippen molar-refractivity contribution in [2.75, 3.05) is 5.32 Å². The van der Waals surface area contributed by atoms with Gasteiger partial charge in [-0.25, -0.2) is 14.5 Å². The van der Waals surface area contributed by atoms with Crippen LogP contribution in [0.4, 0.5) is 5.69 Å². The second kappa shape index (κ2) is 8.55. The van der Waals surface area contributed by atoms with Crippen LogP contribution in [0.25, 0.3) is 11.0 Å². The van der Waals surface area contributed by atoms with Gasteiger partial charge in [-0.3, -0.25) is 0 Å². The highest BCUT2D eigenvalue weighted by atomic mass is 79.9. The third-order valence-electron chi connectivity index (χ3n) is 5.32. The average Bonchev–Trinajstić information content (AvgIpc) is 3.27. The van der Waals surface area contributed by atoms with Crippen molar-refractivity contribution in [2.45, 2.75) is 32.9 Å². The van der Waals surface area contributed by atoms with E-state index in [4.69, 9.17) is 11.6 Å². The summed E-state index contributed by atoms with van der Waals surface area (Å²) in [7, 11) is 1.84. The Morgan fingerprint density at radius 3 is 2.53 bits per heavy atom. The number of nitrogens with one attached hydrogen (secondary N) is 1. The van der Waals surface area contributed by atoms with Crippen LogP contribution >= 0.6 is 27.5 Å². The summed E-state index contributed by atoms with van der Waals surface area (Å²) in [5, 5.41) is 22.4. The molecule has 0 radical (unpaired) electrons. The quantitative estimate of drug-likeness (QED) is 0.357. The van der Waals surface area contributed by atoms with Gasteiger partial charge in [0.1, 0.15) is 5.52 Å². The van der Waals surface area contributed by atoms with E-state index in [1.807, 2.05) is 56.7 Å². The van der Waals surface area contributed by atoms with Gasteiger partial charge in [0.05, 0.1) is 17.3 Å². The summed E-state index contributed by atoms with van der Waals surface area (Å²) >= 11 is 9.57. The molecule has 0 amide bonds. The predicted molar refractivity (Wildman–Crippen MR) is 127 cm³/mol. The molecule has 0 aliphatic rings. The standard InChI is InChI=1S/C22H22BrClN6O2/c1-11(2)30-20(19(21(31)32)26-22(30)23)18(13-5-7-14(24)8-6-13)25-15-9-12(3)17-16(10-15)29(4)28-27-17/h5-11,18,25H,1-4H3,(H,31,32). The third-order valence-corrected chi connectivity index (χ3v) is 6.13. The van der Waals surface area contributed by atoms with Crippen molar-refractivity contribution in [1.82, 2.24) is 24.5 Å². The highest BCUT2D eigenvalue weighted by molar-refractivity contribution is 9.10. The minimum atomic E-state index is -1.09. The highest BCUT2D eigenvalue weighted by Gasteiger charge is 2.30. The van der Waals surface area contributed by atoms with Gasteiger partial charge in [-0.2, -0.15) is 0 Å². The summed E-state index contributed by atoms with van der Waals surface area (Å²) in [6.45, 7) is 5.94. The lowest BCUT2D eigenvalue weighted by Crippen LogP contribution is -2.21. The summed E-state index contributed by atoms with van der Waals surface area (Å²) < 4.78 is 4.05. The number of carbonyl (C=O) groups is 1. The largest absolute Gasteiger partial charge is 0.476 e. The molecule has 0 aliphatic carbocycles. The Bertz CT molecular complexity index is 1310. The summed E-state index contributed by atoms with van der Waals surface area (Å²) in [5.74, 6) is -1.09. The molecule has 4 aromatic rings. The van der Waals surface area contributed by atoms with Crippen LogP contribution in [0.15, 0.2) is 41.1 Å². The minimum absolute atomic E-state index is 0.0157. The summed E-state index contributed by atoms with van der Waals surface area (Å²) in [6, 6.07) is 10.7. The van der Waals surface area contributed by atoms with Crippen molar-refractivity contribution in [3.63, 3.8) is 0 Å². The minimum Gasteiger partial charge on any atom is -0.476 e. The Balaban J connectivity index is 1.93. The Labute approximate surface area is 198 Å². The number of imidazole rings is 1. The second-order valence-corrected chi connectivity index (χ2v) is 9.03. The molecular weight excluding hydrogens is 496 g/mol. The van der Waals surface area contributed by atoms with E-state index >= 15 is 0 Å². The number of fused-ring (bicyclic) bond motifs is 1. The van der Waals surface area contributed by atoms with E-state index in [0.717, 1.165) is 27.8 Å². The van der Waals surface area contributed by atoms with Crippen LogP contribution in [-0.4, -0.2) is 35.6 Å². The molecule has 0 spiro atoms. The van der Waals surface area contributed by atoms with E-state index in [1.165, 1.54) is 0 Å². The van der Waals surface area contributed by atoms with Crippen molar-refractivity contribution >= 4 is 50.2 Å². The molecule has 0 fully saturated rings. The molecule has 0 saturated heterocycles. The van der Waals surface area contributed by atoms with Crippen LogP contribution in [0.3, 0.4) is 0 Å². The number of hydrogen-bond acceptors (Lipinski definition) is 5. The first-order chi connectivity index (χ1) is 15.2. The predicted octanol–water partition coefficient (Wildman–Crippen LogP) is 5.37. The number of nitrogens with zero attached hydrogens (tertiary/aromatic N) is 5. The second-order valence-electron chi connectivity index (χ2n) is 7.89. The molecule has 2 aromatic heterocycles. The van der Waals surface area contributed by atoms with Crippen LogP contribution < -0.4 is 5.32 Å². The monoisotopic (exact) mass is 516 g/mol. The van der Waals surface area contributed by atoms with Gasteiger partial charge in [0, 0.05) is 23.8 Å². The smallest absolute Gasteiger partial charge is 0.356 e. The molecule has 0 saturated carbocycles. The van der Waals surface area contributed by atoms with Gasteiger partial charge in [0.15, 0.2) is 10.4 Å². The van der Waals surface area contributed by atoms with Gasteiger partial charge in [-0.1, -0.05) is 28.9 Å². The molecular formula is C22H22BrClN6O2. The number of anilines is 1. The maximum atomic E-state index is 12.1. The Morgan fingerprint density at radius 1 is 1.22 bits per heavy atom. The SMILES string of the molecule is Cc1cc(NC(c2ccc(Cl)cc2)c2c(C(=O)O)nc(Br)n2C(C)C)cc2c1nnn2C. The van der Waals surface area contributed by atoms with E-state index in [9.17, 15) is 9.90 Å². The first-order valence-corrected chi connectivity index (χ1v) is 11.2. The van der Waals surface area contributed by atoms with Gasteiger partial charge in [-0.05, 0) is 72.1 Å². The molecule has 1 unspecified atom stereocenters. The summed E-state index contributed by atoms with van der Waals surface area (Å²) in [4.78, 5) is 16.4. The Kier molecular flexibility index (Phi) is 5.96. The molecule has 0 aliphatic heterocycles. The summed E-state index contributed by atoms with van der Waals surface area (Å²) in [6.07, 6.45) is 0. The van der Waals surface area contributed by atoms with Crippen molar-refractivity contribution in [3.05, 3.63) is 68.7 Å². The van der Waals surface area contributed by atoms with Crippen LogP contribution in [-0.2, 0) is 7.05 Å². The number of rotatable bonds is 6. The van der Waals surface area contributed by atoms with Crippen LogP contribution in [0, 0.1) is 6.92 Å². The van der Waals surface area contributed by atoms with Gasteiger partial charge < -0.3 is 15.0 Å². The van der Waals surface area contributed by atoms with Crippen molar-refractivity contribution in [2.24, 2.45) is 7.05 Å². The van der Waals surface area contributed by atoms with Gasteiger partial charge >= 0.3 is 5.97 Å². The molecule has 1 atom stereocenters. The molecule has 2 aromatic carbocycles. The zero-order valence-corrected chi connectivity index (χ0v) is 20.3. The van der Waals surface area contributed by atoms with E-state index in [0.29, 0.717) is 15.5 Å². The third kappa shape index (κ3) is 3.98. The van der Waals surface area contributed by atoms with Crippen molar-refractivity contribution in [1.29, 1.82) is 0 Å². The van der Waals surface area contributed by atoms with Crippen LogP contribution in [0.2, 0.25) is 5.02 Å².